The summed E-state index contributed by atoms with van der Waals surface area (Å²) in [5.74, 6) is 0. The number of alkyl halides is 1. The van der Waals surface area contributed by atoms with Gasteiger partial charge >= 0.3 is 59.1 Å². The predicted octanol–water partition coefficient (Wildman–Crippen LogP) is -5.99. The second-order valence-corrected chi connectivity index (χ2v) is 3.62. The van der Waals surface area contributed by atoms with Crippen LogP contribution in [0.1, 0.15) is 12.8 Å². The molecule has 0 aromatic rings. The van der Waals surface area contributed by atoms with Crippen molar-refractivity contribution >= 4 is 23.8 Å². The first-order valence-electron chi connectivity index (χ1n) is 2.79. The van der Waals surface area contributed by atoms with Gasteiger partial charge in [0.1, 0.15) is 0 Å². The minimum absolute atomic E-state index is 0. The maximum atomic E-state index is 9.83. The van der Waals surface area contributed by atoms with Crippen LogP contribution in [0.15, 0.2) is 0 Å². The third-order valence-electron chi connectivity index (χ3n) is 0.777. The second-order valence-electron chi connectivity index (χ2n) is 1.68. The first-order valence-corrected chi connectivity index (χ1v) is 5.37. The Morgan fingerprint density at radius 1 is 1.25 bits per heavy atom. The van der Waals surface area contributed by atoms with E-state index in [0.717, 1.165) is 11.8 Å². The molecule has 0 bridgehead atoms. The van der Waals surface area contributed by atoms with Crippen LogP contribution in [0.4, 0.5) is 0 Å². The monoisotopic (exact) mass is 276 g/mol. The molecule has 0 heterocycles. The van der Waals surface area contributed by atoms with Crippen LogP contribution in [0.2, 0.25) is 0 Å². The first kappa shape index (κ1) is 20.1. The molecule has 0 fully saturated rings. The van der Waals surface area contributed by atoms with Gasteiger partial charge in [0.05, 0.1) is 14.4 Å². The van der Waals surface area contributed by atoms with Crippen LogP contribution >= 0.6 is 23.8 Å². The predicted molar refractivity (Wildman–Crippen MR) is 36.6 cm³/mol. The number of rotatable bonds is 5. The summed E-state index contributed by atoms with van der Waals surface area (Å²) in [4.78, 5) is 19.7. The van der Waals surface area contributed by atoms with E-state index in [1.165, 1.54) is 0 Å². The van der Waals surface area contributed by atoms with Gasteiger partial charge in [-0.1, -0.05) is 15.9 Å². The van der Waals surface area contributed by atoms with E-state index in [-0.39, 0.29) is 65.7 Å². The summed E-state index contributed by atoms with van der Waals surface area (Å²) in [6.45, 7) is -0.00409. The van der Waals surface area contributed by atoms with Crippen LogP contribution < -0.4 is 68.9 Å². The Kier molecular flexibility index (Phi) is 19.5. The van der Waals surface area contributed by atoms with Crippen LogP contribution in [0, 0.1) is 0 Å². The molecule has 0 atom stereocenters. The number of hydrogen-bond acceptors (Lipinski definition) is 4. The Labute approximate surface area is 125 Å². The van der Waals surface area contributed by atoms with E-state index < -0.39 is 7.82 Å². The largest absolute Gasteiger partial charge is 1.00 e. The molecule has 12 heavy (non-hydrogen) atoms. The van der Waals surface area contributed by atoms with Crippen molar-refractivity contribution in [1.82, 2.24) is 0 Å². The number of phosphoric ester groups is 1. The van der Waals surface area contributed by atoms with Gasteiger partial charge in [-0.05, 0) is 12.8 Å². The average Bonchev–Trinajstić information content (AvgIpc) is 1.78. The molecule has 62 valence electrons. The van der Waals surface area contributed by atoms with E-state index in [1.54, 1.807) is 0 Å². The Morgan fingerprint density at radius 2 is 1.75 bits per heavy atom. The molecule has 0 aliphatic rings. The SMILES string of the molecule is O=P([O-])([O-])OCCCCBr.[Na+].[Na+]. The minimum atomic E-state index is -4.72. The summed E-state index contributed by atoms with van der Waals surface area (Å²) in [7, 11) is -4.72. The quantitative estimate of drug-likeness (QED) is 0.217. The summed E-state index contributed by atoms with van der Waals surface area (Å²) in [5, 5.41) is 0.790. The summed E-state index contributed by atoms with van der Waals surface area (Å²) < 4.78 is 13.8. The van der Waals surface area contributed by atoms with Crippen molar-refractivity contribution in [2.45, 2.75) is 12.8 Å². The number of halogens is 1. The fraction of sp³-hybridized carbons (Fsp3) is 1.00. The maximum Gasteiger partial charge on any atom is 1.00 e. The fourth-order valence-electron chi connectivity index (χ4n) is 0.373. The smallest absolute Gasteiger partial charge is 0.790 e. The molecule has 0 saturated carbocycles. The van der Waals surface area contributed by atoms with Gasteiger partial charge < -0.3 is 18.9 Å². The molecular formula is C4H8BrNa2O4P. The standard InChI is InChI=1S/C4H10BrO4P.2Na/c5-3-1-2-4-9-10(6,7)8;;/h1-4H2,(H2,6,7,8);;/q;2*+1/p-2. The molecule has 0 spiro atoms. The molecule has 0 aliphatic heterocycles. The maximum absolute atomic E-state index is 9.83. The Morgan fingerprint density at radius 3 is 2.08 bits per heavy atom. The van der Waals surface area contributed by atoms with E-state index in [4.69, 9.17) is 0 Å². The number of unbranched alkanes of at least 4 members (excludes halogenated alkanes) is 1. The molecule has 8 heteroatoms. The van der Waals surface area contributed by atoms with Gasteiger partial charge in [-0.3, -0.25) is 0 Å². The van der Waals surface area contributed by atoms with Crippen LogP contribution in [0.3, 0.4) is 0 Å². The molecule has 0 aromatic carbocycles. The van der Waals surface area contributed by atoms with Gasteiger partial charge in [-0.2, -0.15) is 0 Å². The molecule has 4 nitrogen and oxygen atoms in total. The molecule has 0 radical (unpaired) electrons. The zero-order chi connectivity index (χ0) is 8.04. The van der Waals surface area contributed by atoms with Crippen LogP contribution in [0.25, 0.3) is 0 Å². The Balaban J connectivity index is -0.000000405. The van der Waals surface area contributed by atoms with Gasteiger partial charge in [0.15, 0.2) is 0 Å². The third kappa shape index (κ3) is 18.4. The summed E-state index contributed by atoms with van der Waals surface area (Å²) in [5.41, 5.74) is 0. The van der Waals surface area contributed by atoms with Crippen molar-refractivity contribution < 1.29 is 78.0 Å². The van der Waals surface area contributed by atoms with E-state index in [2.05, 4.69) is 20.5 Å². The number of phosphoric acid groups is 1. The van der Waals surface area contributed by atoms with Crippen LogP contribution in [-0.4, -0.2) is 11.9 Å². The average molecular weight is 277 g/mol. The molecule has 0 amide bonds. The molecular weight excluding hydrogens is 269 g/mol. The molecule has 0 unspecified atom stereocenters. The summed E-state index contributed by atoms with van der Waals surface area (Å²) in [6, 6.07) is 0. The number of hydrogen-bond donors (Lipinski definition) is 0. The molecule has 0 rings (SSSR count). The normalized spacial score (nSPS) is 9.92. The van der Waals surface area contributed by atoms with E-state index >= 15 is 0 Å². The van der Waals surface area contributed by atoms with Crippen molar-refractivity contribution in [3.63, 3.8) is 0 Å². The van der Waals surface area contributed by atoms with Crippen molar-refractivity contribution in [1.29, 1.82) is 0 Å². The van der Waals surface area contributed by atoms with Crippen molar-refractivity contribution in [3.8, 4) is 0 Å². The van der Waals surface area contributed by atoms with Crippen molar-refractivity contribution in [2.75, 3.05) is 11.9 Å². The summed E-state index contributed by atoms with van der Waals surface area (Å²) in [6.07, 6.45) is 1.39. The van der Waals surface area contributed by atoms with E-state index in [1.807, 2.05) is 0 Å². The Hall–Kier alpha value is 2.59. The summed E-state index contributed by atoms with van der Waals surface area (Å²) >= 11 is 3.15. The van der Waals surface area contributed by atoms with Crippen molar-refractivity contribution in [2.24, 2.45) is 0 Å². The van der Waals surface area contributed by atoms with E-state index in [0.29, 0.717) is 6.42 Å². The van der Waals surface area contributed by atoms with Crippen molar-refractivity contribution in [3.05, 3.63) is 0 Å². The molecule has 0 saturated heterocycles. The van der Waals surface area contributed by atoms with Gasteiger partial charge in [0, 0.05) is 5.33 Å². The minimum Gasteiger partial charge on any atom is -0.790 e. The third-order valence-corrected chi connectivity index (χ3v) is 1.84. The topological polar surface area (TPSA) is 72.4 Å². The van der Waals surface area contributed by atoms with Gasteiger partial charge in [0.2, 0.25) is 0 Å². The fourth-order valence-corrected chi connectivity index (χ4v) is 1.12. The second kappa shape index (κ2) is 11.7. The van der Waals surface area contributed by atoms with Gasteiger partial charge in [-0.15, -0.1) is 0 Å². The molecule has 0 N–H and O–H groups in total. The molecule has 0 aliphatic carbocycles. The van der Waals surface area contributed by atoms with Gasteiger partial charge in [0.25, 0.3) is 0 Å². The zero-order valence-corrected chi connectivity index (χ0v) is 13.8. The molecule has 0 aromatic heterocycles. The zero-order valence-electron chi connectivity index (χ0n) is 7.29. The van der Waals surface area contributed by atoms with E-state index in [9.17, 15) is 14.4 Å². The van der Waals surface area contributed by atoms with Gasteiger partial charge in [-0.25, -0.2) is 0 Å². The Bertz CT molecular complexity index is 130. The van der Waals surface area contributed by atoms with Crippen LogP contribution in [-0.2, 0) is 9.09 Å². The first-order chi connectivity index (χ1) is 4.56. The van der Waals surface area contributed by atoms with Crippen LogP contribution in [0.5, 0.6) is 0 Å².